The van der Waals surface area contributed by atoms with Gasteiger partial charge in [0.05, 0.1) is 0 Å². The van der Waals surface area contributed by atoms with Crippen LogP contribution < -0.4 is 0 Å². The first-order valence-electron chi connectivity index (χ1n) is 1.82. The first kappa shape index (κ1) is 9.60. The largest absolute Gasteiger partial charge is 0.269 e. The molecule has 0 amide bonds. The second-order valence-corrected chi connectivity index (χ2v) is 1.09. The summed E-state index contributed by atoms with van der Waals surface area (Å²) in [4.78, 5) is 0. The molecule has 42 valence electrons. The van der Waals surface area contributed by atoms with Crippen LogP contribution in [0.25, 0.3) is 0 Å². The van der Waals surface area contributed by atoms with Crippen molar-refractivity contribution in [3.8, 4) is 0 Å². The summed E-state index contributed by atoms with van der Waals surface area (Å²) >= 11 is 0. The Morgan fingerprint density at radius 2 is 1.29 bits per heavy atom. The van der Waals surface area contributed by atoms with Crippen LogP contribution in [0.4, 0.5) is 9.41 Å². The van der Waals surface area contributed by atoms with Crippen LogP contribution >= 0.6 is 0 Å². The molecule has 0 atom stereocenters. The molecule has 1 aliphatic carbocycles. The maximum atomic E-state index is 2.12. The fraction of sp³-hybridized carbons (Fsp3) is 0.200. The van der Waals surface area contributed by atoms with Gasteiger partial charge in [-0.25, -0.2) is 0 Å². The van der Waals surface area contributed by atoms with E-state index in [1.54, 1.807) is 0 Å². The predicted molar refractivity (Wildman–Crippen MR) is 27.9 cm³/mol. The predicted octanol–water partition coefficient (Wildman–Crippen LogP) is 1.81. The van der Waals surface area contributed by atoms with Gasteiger partial charge in [0, 0.05) is 0 Å². The zero-order valence-corrected chi connectivity index (χ0v) is 3.83. The van der Waals surface area contributed by atoms with E-state index in [1.165, 1.54) is 0 Å². The highest BCUT2D eigenvalue weighted by Crippen LogP contribution is 1.93. The Hall–Kier alpha value is -0.660. The van der Waals surface area contributed by atoms with Crippen molar-refractivity contribution in [3.63, 3.8) is 0 Å². The van der Waals surface area contributed by atoms with Gasteiger partial charge in [0.1, 0.15) is 0 Å². The lowest BCUT2D eigenvalue weighted by Gasteiger charge is -1.57. The molecule has 0 aromatic carbocycles. The molecule has 0 fully saturated rings. The number of allylic oxidation sites excluding steroid dienone is 4. The summed E-state index contributed by atoms with van der Waals surface area (Å²) in [5.74, 6) is 0. The van der Waals surface area contributed by atoms with Crippen LogP contribution in [0.3, 0.4) is 0 Å². The molecule has 0 bridgehead atoms. The maximum Gasteiger partial charge on any atom is -0.0163 e. The summed E-state index contributed by atoms with van der Waals surface area (Å²) in [7, 11) is 0. The van der Waals surface area contributed by atoms with Crippen molar-refractivity contribution in [2.24, 2.45) is 0 Å². The molecule has 1 aliphatic rings. The zero-order chi connectivity index (χ0) is 3.54. The van der Waals surface area contributed by atoms with Crippen molar-refractivity contribution in [3.05, 3.63) is 24.3 Å². The van der Waals surface area contributed by atoms with Gasteiger partial charge in [0.15, 0.2) is 0 Å². The monoisotopic (exact) mass is 106 g/mol. The minimum absolute atomic E-state index is 0. The molecule has 2 heteroatoms. The average Bonchev–Trinajstić information content (AvgIpc) is 1.76. The molecular formula is C5H8F2. The van der Waals surface area contributed by atoms with E-state index in [1.807, 2.05) is 0 Å². The number of halogens is 2. The van der Waals surface area contributed by atoms with E-state index in [0.29, 0.717) is 0 Å². The van der Waals surface area contributed by atoms with Crippen molar-refractivity contribution in [1.82, 2.24) is 0 Å². The summed E-state index contributed by atoms with van der Waals surface area (Å²) < 4.78 is 0. The van der Waals surface area contributed by atoms with E-state index < -0.39 is 0 Å². The summed E-state index contributed by atoms with van der Waals surface area (Å²) in [6, 6.07) is 0. The Balaban J connectivity index is 0. The van der Waals surface area contributed by atoms with Gasteiger partial charge < -0.3 is 0 Å². The van der Waals surface area contributed by atoms with Gasteiger partial charge in [-0.2, -0.15) is 0 Å². The van der Waals surface area contributed by atoms with Crippen LogP contribution in [0.1, 0.15) is 6.42 Å². The molecule has 0 aromatic rings. The fourth-order valence-electron chi connectivity index (χ4n) is 0.393. The highest BCUT2D eigenvalue weighted by molar-refractivity contribution is 5.11. The molecule has 0 saturated heterocycles. The summed E-state index contributed by atoms with van der Waals surface area (Å²) in [6.07, 6.45) is 9.50. The van der Waals surface area contributed by atoms with Crippen molar-refractivity contribution in [1.29, 1.82) is 0 Å². The molecule has 0 saturated carbocycles. The quantitative estimate of drug-likeness (QED) is 0.441. The highest BCUT2D eigenvalue weighted by Gasteiger charge is 1.72. The molecule has 0 nitrogen and oxygen atoms in total. The third-order valence-corrected chi connectivity index (χ3v) is 0.655. The molecule has 0 aromatic heterocycles. The molecule has 0 spiro atoms. The molecule has 0 heterocycles. The Bertz CT molecular complexity index is 64.1. The van der Waals surface area contributed by atoms with Gasteiger partial charge in [0.2, 0.25) is 0 Å². The zero-order valence-electron chi connectivity index (χ0n) is 3.83. The van der Waals surface area contributed by atoms with E-state index in [2.05, 4.69) is 24.3 Å². The van der Waals surface area contributed by atoms with Gasteiger partial charge in [-0.05, 0) is 6.42 Å². The lowest BCUT2D eigenvalue weighted by molar-refractivity contribution is 1.11. The second kappa shape index (κ2) is 5.34. The van der Waals surface area contributed by atoms with Crippen molar-refractivity contribution >= 4 is 0 Å². The number of hydrogen-bond donors (Lipinski definition) is 0. The van der Waals surface area contributed by atoms with E-state index in [9.17, 15) is 0 Å². The van der Waals surface area contributed by atoms with E-state index in [0.717, 1.165) is 6.42 Å². The lowest BCUT2D eigenvalue weighted by atomic mass is 10.5. The van der Waals surface area contributed by atoms with Crippen molar-refractivity contribution in [2.75, 3.05) is 0 Å². The Labute approximate surface area is 41.3 Å². The minimum Gasteiger partial charge on any atom is -0.269 e. The van der Waals surface area contributed by atoms with E-state index >= 15 is 0 Å². The van der Waals surface area contributed by atoms with Crippen molar-refractivity contribution in [2.45, 2.75) is 6.42 Å². The number of hydrogen-bond acceptors (Lipinski definition) is 0. The summed E-state index contributed by atoms with van der Waals surface area (Å²) in [5.41, 5.74) is 0. The van der Waals surface area contributed by atoms with E-state index in [-0.39, 0.29) is 9.41 Å². The van der Waals surface area contributed by atoms with Gasteiger partial charge >= 0.3 is 0 Å². The SMILES string of the molecule is C1=CCC=C1.F.F. The summed E-state index contributed by atoms with van der Waals surface area (Å²) in [5, 5.41) is 0. The molecule has 0 unspecified atom stereocenters. The molecule has 7 heavy (non-hydrogen) atoms. The van der Waals surface area contributed by atoms with Gasteiger partial charge in [-0.1, -0.05) is 24.3 Å². The second-order valence-electron chi connectivity index (χ2n) is 1.09. The average molecular weight is 106 g/mol. The topological polar surface area (TPSA) is 0 Å². The van der Waals surface area contributed by atoms with E-state index in [4.69, 9.17) is 0 Å². The van der Waals surface area contributed by atoms with Gasteiger partial charge in [-0.3, -0.25) is 9.41 Å². The molecular weight excluding hydrogens is 98.1 g/mol. The molecule has 0 N–H and O–H groups in total. The van der Waals surface area contributed by atoms with Crippen LogP contribution in [0.15, 0.2) is 24.3 Å². The molecule has 1 rings (SSSR count). The smallest absolute Gasteiger partial charge is 0.0163 e. The highest BCUT2D eigenvalue weighted by atomic mass is 19.0. The third kappa shape index (κ3) is 3.16. The first-order valence-corrected chi connectivity index (χ1v) is 1.82. The Kier molecular flexibility index (Phi) is 7.32. The maximum absolute atomic E-state index is 2.12. The van der Waals surface area contributed by atoms with Crippen LogP contribution in [-0.2, 0) is 0 Å². The summed E-state index contributed by atoms with van der Waals surface area (Å²) in [6.45, 7) is 0. The Morgan fingerprint density at radius 3 is 1.43 bits per heavy atom. The molecule has 0 aliphatic heterocycles. The first-order chi connectivity index (χ1) is 2.50. The van der Waals surface area contributed by atoms with Crippen LogP contribution in [0.2, 0.25) is 0 Å². The lowest BCUT2D eigenvalue weighted by Crippen LogP contribution is -1.37. The minimum atomic E-state index is 0. The normalized spacial score (nSPS) is 12.6. The Morgan fingerprint density at radius 1 is 0.857 bits per heavy atom. The fourth-order valence-corrected chi connectivity index (χ4v) is 0.393. The molecule has 0 radical (unpaired) electrons. The van der Waals surface area contributed by atoms with Gasteiger partial charge in [0.25, 0.3) is 0 Å². The van der Waals surface area contributed by atoms with Crippen LogP contribution in [-0.4, -0.2) is 0 Å². The third-order valence-electron chi connectivity index (χ3n) is 0.655. The van der Waals surface area contributed by atoms with Gasteiger partial charge in [-0.15, -0.1) is 0 Å². The van der Waals surface area contributed by atoms with Crippen LogP contribution in [0.5, 0.6) is 0 Å². The standard InChI is InChI=1S/C5H6.2FH/c1-2-4-5-3-1;;/h1-4H,5H2;2*1H. The number of rotatable bonds is 0. The van der Waals surface area contributed by atoms with Crippen LogP contribution in [0, 0.1) is 0 Å². The van der Waals surface area contributed by atoms with Crippen molar-refractivity contribution < 1.29 is 9.41 Å².